The largest absolute Gasteiger partial charge is 0.497 e. The number of aliphatic hydroxyl groups is 1. The summed E-state index contributed by atoms with van der Waals surface area (Å²) in [5, 5.41) is 9.33. The van der Waals surface area contributed by atoms with Crippen LogP contribution in [0, 0.1) is 0 Å². The van der Waals surface area contributed by atoms with Gasteiger partial charge >= 0.3 is 0 Å². The molecule has 0 radical (unpaired) electrons. The molecular weight excluding hydrogens is 300 g/mol. The van der Waals surface area contributed by atoms with Crippen molar-refractivity contribution in [3.05, 3.63) is 59.2 Å². The van der Waals surface area contributed by atoms with E-state index < -0.39 is 0 Å². The molecule has 2 aromatic rings. The van der Waals surface area contributed by atoms with Crippen LogP contribution in [0.1, 0.15) is 42.9 Å². The second kappa shape index (κ2) is 9.99. The molecule has 0 heterocycles. The standard InChI is InChI=1S/C21H28O3/c1-3-4-13-24-21-15-18(16-22)11-12-19(21)9-5-7-17-8-6-10-20(14-17)23-2/h6,8,10-12,14-15,22H,3-5,7,9,13,16H2,1-2H3. The minimum atomic E-state index is 0.0498. The normalized spacial score (nSPS) is 10.6. The summed E-state index contributed by atoms with van der Waals surface area (Å²) in [4.78, 5) is 0. The van der Waals surface area contributed by atoms with Crippen molar-refractivity contribution in [2.75, 3.05) is 13.7 Å². The van der Waals surface area contributed by atoms with Gasteiger partial charge in [-0.2, -0.15) is 0 Å². The highest BCUT2D eigenvalue weighted by Gasteiger charge is 2.06. The average Bonchev–Trinajstić information content (AvgIpc) is 2.63. The highest BCUT2D eigenvalue weighted by atomic mass is 16.5. The Kier molecular flexibility index (Phi) is 7.63. The van der Waals surface area contributed by atoms with Crippen molar-refractivity contribution in [3.8, 4) is 11.5 Å². The first-order chi connectivity index (χ1) is 11.8. The van der Waals surface area contributed by atoms with Gasteiger partial charge in [-0.25, -0.2) is 0 Å². The van der Waals surface area contributed by atoms with E-state index in [9.17, 15) is 5.11 Å². The van der Waals surface area contributed by atoms with Gasteiger partial charge in [-0.1, -0.05) is 37.6 Å². The summed E-state index contributed by atoms with van der Waals surface area (Å²) >= 11 is 0. The van der Waals surface area contributed by atoms with Gasteiger partial charge in [0.15, 0.2) is 0 Å². The van der Waals surface area contributed by atoms with Crippen molar-refractivity contribution in [3.63, 3.8) is 0 Å². The second-order valence-corrected chi connectivity index (χ2v) is 6.01. The number of benzene rings is 2. The molecule has 0 spiro atoms. The Bertz CT molecular complexity index is 622. The maximum Gasteiger partial charge on any atom is 0.122 e. The summed E-state index contributed by atoms with van der Waals surface area (Å²) < 4.78 is 11.2. The smallest absolute Gasteiger partial charge is 0.122 e. The highest BCUT2D eigenvalue weighted by molar-refractivity contribution is 5.38. The van der Waals surface area contributed by atoms with Gasteiger partial charge in [0.25, 0.3) is 0 Å². The van der Waals surface area contributed by atoms with Crippen LogP contribution in [0.2, 0.25) is 0 Å². The first-order valence-corrected chi connectivity index (χ1v) is 8.75. The van der Waals surface area contributed by atoms with Gasteiger partial charge in [-0.3, -0.25) is 0 Å². The SMILES string of the molecule is CCCCOc1cc(CO)ccc1CCCc1cccc(OC)c1. The van der Waals surface area contributed by atoms with Gasteiger partial charge in [-0.15, -0.1) is 0 Å². The zero-order valence-corrected chi connectivity index (χ0v) is 14.8. The molecule has 0 aliphatic heterocycles. The first-order valence-electron chi connectivity index (χ1n) is 8.75. The molecule has 24 heavy (non-hydrogen) atoms. The second-order valence-electron chi connectivity index (χ2n) is 6.01. The number of hydrogen-bond donors (Lipinski definition) is 1. The number of unbranched alkanes of at least 4 members (excludes halogenated alkanes) is 1. The zero-order valence-electron chi connectivity index (χ0n) is 14.8. The van der Waals surface area contributed by atoms with Gasteiger partial charge in [0.1, 0.15) is 11.5 Å². The molecule has 0 aromatic heterocycles. The Morgan fingerprint density at radius 1 is 0.958 bits per heavy atom. The number of aliphatic hydroxyl groups excluding tert-OH is 1. The first kappa shape index (κ1) is 18.3. The third-order valence-corrected chi connectivity index (χ3v) is 4.12. The van der Waals surface area contributed by atoms with E-state index in [-0.39, 0.29) is 6.61 Å². The summed E-state index contributed by atoms with van der Waals surface area (Å²) in [6.07, 6.45) is 5.19. The number of ether oxygens (including phenoxy) is 2. The number of hydrogen-bond acceptors (Lipinski definition) is 3. The molecule has 2 aromatic carbocycles. The third-order valence-electron chi connectivity index (χ3n) is 4.12. The van der Waals surface area contributed by atoms with Crippen LogP contribution in [0.15, 0.2) is 42.5 Å². The molecule has 2 rings (SSSR count). The maximum atomic E-state index is 9.33. The van der Waals surface area contributed by atoms with E-state index in [0.29, 0.717) is 0 Å². The van der Waals surface area contributed by atoms with Crippen LogP contribution in [0.25, 0.3) is 0 Å². The molecule has 0 saturated heterocycles. The Balaban J connectivity index is 1.97. The lowest BCUT2D eigenvalue weighted by molar-refractivity contribution is 0.278. The van der Waals surface area contributed by atoms with E-state index in [0.717, 1.165) is 55.8 Å². The van der Waals surface area contributed by atoms with Gasteiger partial charge in [0.2, 0.25) is 0 Å². The van der Waals surface area contributed by atoms with Crippen molar-refractivity contribution < 1.29 is 14.6 Å². The summed E-state index contributed by atoms with van der Waals surface area (Å²) in [6, 6.07) is 14.3. The highest BCUT2D eigenvalue weighted by Crippen LogP contribution is 2.24. The predicted octanol–water partition coefficient (Wildman–Crippen LogP) is 4.54. The van der Waals surface area contributed by atoms with Crippen LogP contribution in [-0.4, -0.2) is 18.8 Å². The fraction of sp³-hybridized carbons (Fsp3) is 0.429. The molecular formula is C21H28O3. The van der Waals surface area contributed by atoms with E-state index in [4.69, 9.17) is 9.47 Å². The summed E-state index contributed by atoms with van der Waals surface area (Å²) in [5.74, 6) is 1.82. The summed E-state index contributed by atoms with van der Waals surface area (Å²) in [5.41, 5.74) is 3.40. The Morgan fingerprint density at radius 3 is 2.58 bits per heavy atom. The number of aryl methyl sites for hydroxylation is 2. The van der Waals surface area contributed by atoms with Gasteiger partial charge < -0.3 is 14.6 Å². The molecule has 3 nitrogen and oxygen atoms in total. The Labute approximate surface area is 145 Å². The van der Waals surface area contributed by atoms with Crippen molar-refractivity contribution >= 4 is 0 Å². The predicted molar refractivity (Wildman–Crippen MR) is 97.8 cm³/mol. The molecule has 0 unspecified atom stereocenters. The molecule has 0 saturated carbocycles. The molecule has 0 amide bonds. The summed E-state index contributed by atoms with van der Waals surface area (Å²) in [7, 11) is 1.70. The molecule has 130 valence electrons. The van der Waals surface area contributed by atoms with Crippen LogP contribution < -0.4 is 9.47 Å². The fourth-order valence-electron chi connectivity index (χ4n) is 2.68. The quantitative estimate of drug-likeness (QED) is 0.651. The Morgan fingerprint density at radius 2 is 1.83 bits per heavy atom. The van der Waals surface area contributed by atoms with Crippen molar-refractivity contribution in [2.45, 2.75) is 45.6 Å². The van der Waals surface area contributed by atoms with E-state index >= 15 is 0 Å². The van der Waals surface area contributed by atoms with Crippen LogP contribution >= 0.6 is 0 Å². The van der Waals surface area contributed by atoms with Crippen molar-refractivity contribution in [2.24, 2.45) is 0 Å². The van der Waals surface area contributed by atoms with Crippen LogP contribution in [0.5, 0.6) is 11.5 Å². The van der Waals surface area contributed by atoms with E-state index in [1.807, 2.05) is 24.3 Å². The van der Waals surface area contributed by atoms with E-state index in [1.54, 1.807) is 7.11 Å². The van der Waals surface area contributed by atoms with Crippen LogP contribution in [-0.2, 0) is 19.4 Å². The van der Waals surface area contributed by atoms with Gasteiger partial charge in [-0.05, 0) is 60.6 Å². The molecule has 0 atom stereocenters. The average molecular weight is 328 g/mol. The molecule has 0 aliphatic carbocycles. The van der Waals surface area contributed by atoms with Gasteiger partial charge in [0.05, 0.1) is 20.3 Å². The van der Waals surface area contributed by atoms with Crippen molar-refractivity contribution in [1.29, 1.82) is 0 Å². The lowest BCUT2D eigenvalue weighted by atomic mass is 10.0. The topological polar surface area (TPSA) is 38.7 Å². The third kappa shape index (κ3) is 5.57. The van der Waals surface area contributed by atoms with Crippen molar-refractivity contribution in [1.82, 2.24) is 0 Å². The minimum absolute atomic E-state index is 0.0498. The van der Waals surface area contributed by atoms with E-state index in [2.05, 4.69) is 25.1 Å². The maximum absolute atomic E-state index is 9.33. The number of methoxy groups -OCH3 is 1. The van der Waals surface area contributed by atoms with Crippen LogP contribution in [0.4, 0.5) is 0 Å². The molecule has 0 bridgehead atoms. The minimum Gasteiger partial charge on any atom is -0.497 e. The Hall–Kier alpha value is -2.00. The fourth-order valence-corrected chi connectivity index (χ4v) is 2.68. The van der Waals surface area contributed by atoms with Gasteiger partial charge in [0, 0.05) is 0 Å². The molecule has 3 heteroatoms. The molecule has 1 N–H and O–H groups in total. The number of rotatable bonds is 10. The zero-order chi connectivity index (χ0) is 17.2. The molecule has 0 aliphatic rings. The lowest BCUT2D eigenvalue weighted by Crippen LogP contribution is -2.02. The summed E-state index contributed by atoms with van der Waals surface area (Å²) in [6.45, 7) is 2.94. The molecule has 0 fully saturated rings. The monoisotopic (exact) mass is 328 g/mol. The lowest BCUT2D eigenvalue weighted by Gasteiger charge is -2.13. The van der Waals surface area contributed by atoms with Crippen LogP contribution in [0.3, 0.4) is 0 Å². The van der Waals surface area contributed by atoms with E-state index in [1.165, 1.54) is 11.1 Å².